The van der Waals surface area contributed by atoms with E-state index in [1.165, 1.54) is 11.9 Å². The highest BCUT2D eigenvalue weighted by Crippen LogP contribution is 2.24. The average molecular weight is 300 g/mol. The first kappa shape index (κ1) is 17.0. The molecule has 1 rings (SSSR count). The molecule has 9 nitrogen and oxygen atoms in total. The summed E-state index contributed by atoms with van der Waals surface area (Å²) in [7, 11) is 1.42. The van der Waals surface area contributed by atoms with Crippen molar-refractivity contribution in [2.75, 3.05) is 20.2 Å². The minimum Gasteiger partial charge on any atom is -0.478 e. The van der Waals surface area contributed by atoms with Crippen LogP contribution in [0, 0.1) is 10.1 Å². The number of hydrogen-bond donors (Lipinski definition) is 4. The fraction of sp³-hybridized carbons (Fsp3) is 0.417. The van der Waals surface area contributed by atoms with Crippen LogP contribution in [-0.4, -0.2) is 62.5 Å². The van der Waals surface area contributed by atoms with Gasteiger partial charge >= 0.3 is 5.97 Å². The van der Waals surface area contributed by atoms with Gasteiger partial charge in [0.15, 0.2) is 0 Å². The standard InChI is InChI=1S/C12H16N2O7/c1-13(5-10(16)6-15)11(17)7-2-8(12(18)19)4-9(3-7)14(20)21/h2-4,10-11,15-17H,5-6H2,1H3,(H,18,19). The topological polar surface area (TPSA) is 144 Å². The highest BCUT2D eigenvalue weighted by Gasteiger charge is 2.21. The van der Waals surface area contributed by atoms with Crippen molar-refractivity contribution in [3.8, 4) is 0 Å². The van der Waals surface area contributed by atoms with E-state index < -0.39 is 35.5 Å². The van der Waals surface area contributed by atoms with Gasteiger partial charge in [-0.1, -0.05) is 0 Å². The van der Waals surface area contributed by atoms with Crippen LogP contribution in [0.25, 0.3) is 0 Å². The molecule has 2 atom stereocenters. The molecule has 9 heteroatoms. The van der Waals surface area contributed by atoms with E-state index in [0.29, 0.717) is 0 Å². The maximum atomic E-state index is 11.0. The molecule has 0 saturated carbocycles. The van der Waals surface area contributed by atoms with Crippen molar-refractivity contribution < 1.29 is 30.1 Å². The Hall–Kier alpha value is -2.07. The molecule has 21 heavy (non-hydrogen) atoms. The molecule has 0 spiro atoms. The summed E-state index contributed by atoms with van der Waals surface area (Å²) in [5, 5.41) is 47.8. The van der Waals surface area contributed by atoms with Gasteiger partial charge in [-0.2, -0.15) is 0 Å². The van der Waals surface area contributed by atoms with Crippen LogP contribution < -0.4 is 0 Å². The average Bonchev–Trinajstić information content (AvgIpc) is 2.45. The highest BCUT2D eigenvalue weighted by atomic mass is 16.6. The summed E-state index contributed by atoms with van der Waals surface area (Å²) in [4.78, 5) is 22.2. The van der Waals surface area contributed by atoms with Gasteiger partial charge in [0.05, 0.1) is 23.2 Å². The Balaban J connectivity index is 3.10. The van der Waals surface area contributed by atoms with E-state index in [2.05, 4.69) is 0 Å². The molecule has 4 N–H and O–H groups in total. The number of likely N-dealkylation sites (N-methyl/N-ethyl adjacent to an activating group) is 1. The maximum absolute atomic E-state index is 11.0. The molecule has 0 amide bonds. The Bertz CT molecular complexity index is 502. The van der Waals surface area contributed by atoms with Crippen molar-refractivity contribution in [3.05, 3.63) is 39.4 Å². The van der Waals surface area contributed by atoms with Gasteiger partial charge in [-0.3, -0.25) is 15.0 Å². The van der Waals surface area contributed by atoms with Gasteiger partial charge in [0.2, 0.25) is 0 Å². The summed E-state index contributed by atoms with van der Waals surface area (Å²) in [6.45, 7) is -0.602. The van der Waals surface area contributed by atoms with Gasteiger partial charge in [-0.15, -0.1) is 0 Å². The second-order valence-electron chi connectivity index (χ2n) is 4.53. The number of nitro groups is 1. The molecule has 0 saturated heterocycles. The first-order valence-electron chi connectivity index (χ1n) is 5.96. The Labute approximate surface area is 119 Å². The number of nitrogens with zero attached hydrogens (tertiary/aromatic N) is 2. The van der Waals surface area contributed by atoms with E-state index in [1.807, 2.05) is 0 Å². The number of hydrogen-bond acceptors (Lipinski definition) is 7. The SMILES string of the molecule is CN(CC(O)CO)C(O)c1cc(C(=O)O)cc([N+](=O)[O-])c1. The Morgan fingerprint density at radius 2 is 2.00 bits per heavy atom. The van der Waals surface area contributed by atoms with Crippen LogP contribution in [0.3, 0.4) is 0 Å². The zero-order valence-corrected chi connectivity index (χ0v) is 11.2. The van der Waals surface area contributed by atoms with Crippen LogP contribution in [-0.2, 0) is 0 Å². The van der Waals surface area contributed by atoms with Crippen LogP contribution in [0.15, 0.2) is 18.2 Å². The first-order valence-corrected chi connectivity index (χ1v) is 5.96. The molecular formula is C12H16N2O7. The lowest BCUT2D eigenvalue weighted by Gasteiger charge is -2.25. The molecule has 0 fully saturated rings. The van der Waals surface area contributed by atoms with E-state index >= 15 is 0 Å². The number of non-ortho nitro benzene ring substituents is 1. The molecule has 116 valence electrons. The number of benzene rings is 1. The quantitative estimate of drug-likeness (QED) is 0.301. The second-order valence-corrected chi connectivity index (χ2v) is 4.53. The molecule has 1 aromatic rings. The summed E-state index contributed by atoms with van der Waals surface area (Å²) in [6.07, 6.45) is -2.45. The van der Waals surface area contributed by atoms with E-state index in [4.69, 9.17) is 10.2 Å². The Kier molecular flexibility index (Phi) is 5.73. The third-order valence-corrected chi connectivity index (χ3v) is 2.82. The molecule has 1 aromatic carbocycles. The Morgan fingerprint density at radius 3 is 2.48 bits per heavy atom. The van der Waals surface area contributed by atoms with Gasteiger partial charge in [-0.25, -0.2) is 4.79 Å². The monoisotopic (exact) mass is 300 g/mol. The number of aliphatic hydroxyl groups is 3. The third kappa shape index (κ3) is 4.46. The summed E-state index contributed by atoms with van der Waals surface area (Å²) in [6, 6.07) is 3.06. The molecule has 0 radical (unpaired) electrons. The zero-order valence-electron chi connectivity index (χ0n) is 11.2. The maximum Gasteiger partial charge on any atom is 0.335 e. The molecule has 2 unspecified atom stereocenters. The minimum absolute atomic E-state index is 0.00856. The lowest BCUT2D eigenvalue weighted by molar-refractivity contribution is -0.385. The highest BCUT2D eigenvalue weighted by molar-refractivity contribution is 5.88. The molecule has 0 aliphatic heterocycles. The number of carboxylic acids is 1. The number of carbonyl (C=O) groups is 1. The smallest absolute Gasteiger partial charge is 0.335 e. The van der Waals surface area contributed by atoms with Crippen LogP contribution >= 0.6 is 0 Å². The molecule has 0 aromatic heterocycles. The number of aromatic carboxylic acids is 1. The second kappa shape index (κ2) is 7.09. The van der Waals surface area contributed by atoms with E-state index in [-0.39, 0.29) is 17.7 Å². The van der Waals surface area contributed by atoms with Crippen molar-refractivity contribution in [1.82, 2.24) is 4.90 Å². The predicted molar refractivity (Wildman–Crippen MR) is 70.7 cm³/mol. The number of aliphatic hydroxyl groups excluding tert-OH is 3. The first-order chi connectivity index (χ1) is 9.76. The van der Waals surface area contributed by atoms with E-state index in [1.54, 1.807) is 0 Å². The molecule has 0 bridgehead atoms. The van der Waals surface area contributed by atoms with Crippen molar-refractivity contribution in [2.45, 2.75) is 12.3 Å². The van der Waals surface area contributed by atoms with Crippen LogP contribution in [0.4, 0.5) is 5.69 Å². The van der Waals surface area contributed by atoms with Gasteiger partial charge in [0.1, 0.15) is 6.23 Å². The summed E-state index contributed by atoms with van der Waals surface area (Å²) < 4.78 is 0. The summed E-state index contributed by atoms with van der Waals surface area (Å²) in [5.41, 5.74) is -0.774. The van der Waals surface area contributed by atoms with Crippen LogP contribution in [0.2, 0.25) is 0 Å². The van der Waals surface area contributed by atoms with Gasteiger partial charge in [0, 0.05) is 24.2 Å². The zero-order chi connectivity index (χ0) is 16.2. The fourth-order valence-electron chi connectivity index (χ4n) is 1.76. The normalized spacial score (nSPS) is 14.0. The van der Waals surface area contributed by atoms with Crippen LogP contribution in [0.1, 0.15) is 22.1 Å². The van der Waals surface area contributed by atoms with Crippen LogP contribution in [0.5, 0.6) is 0 Å². The lowest BCUT2D eigenvalue weighted by atomic mass is 10.1. The third-order valence-electron chi connectivity index (χ3n) is 2.82. The Morgan fingerprint density at radius 1 is 1.38 bits per heavy atom. The molecule has 0 heterocycles. The van der Waals surface area contributed by atoms with E-state index in [9.17, 15) is 25.1 Å². The lowest BCUT2D eigenvalue weighted by Crippen LogP contribution is -2.34. The summed E-state index contributed by atoms with van der Waals surface area (Å²) in [5.74, 6) is -1.36. The number of nitro benzene ring substituents is 1. The van der Waals surface area contributed by atoms with Crippen molar-refractivity contribution in [2.24, 2.45) is 0 Å². The number of carboxylic acid groups (broad SMARTS) is 1. The number of rotatable bonds is 7. The fourth-order valence-corrected chi connectivity index (χ4v) is 1.76. The van der Waals surface area contributed by atoms with E-state index in [0.717, 1.165) is 18.2 Å². The largest absolute Gasteiger partial charge is 0.478 e. The molecule has 0 aliphatic rings. The predicted octanol–water partition coefficient (Wildman–Crippen LogP) is -0.431. The van der Waals surface area contributed by atoms with Gasteiger partial charge in [-0.05, 0) is 13.1 Å². The van der Waals surface area contributed by atoms with Gasteiger partial charge < -0.3 is 20.4 Å². The summed E-state index contributed by atoms with van der Waals surface area (Å²) >= 11 is 0. The minimum atomic E-state index is -1.36. The van der Waals surface area contributed by atoms with Crippen molar-refractivity contribution in [3.63, 3.8) is 0 Å². The van der Waals surface area contributed by atoms with Crippen molar-refractivity contribution >= 4 is 11.7 Å². The molecular weight excluding hydrogens is 284 g/mol. The van der Waals surface area contributed by atoms with Gasteiger partial charge in [0.25, 0.3) is 5.69 Å². The molecule has 0 aliphatic carbocycles. The van der Waals surface area contributed by atoms with Crippen molar-refractivity contribution in [1.29, 1.82) is 0 Å².